The summed E-state index contributed by atoms with van der Waals surface area (Å²) in [5.41, 5.74) is 0.867. The van der Waals surface area contributed by atoms with Crippen LogP contribution in [0.25, 0.3) is 0 Å². The van der Waals surface area contributed by atoms with Gasteiger partial charge in [0.25, 0.3) is 0 Å². The number of nitrogens with one attached hydrogen (secondary N) is 1. The monoisotopic (exact) mass is 516 g/mol. The molecular formula is C26H23F3N2O4S. The molecule has 1 atom stereocenters. The van der Waals surface area contributed by atoms with E-state index in [2.05, 4.69) is 5.32 Å². The van der Waals surface area contributed by atoms with Crippen molar-refractivity contribution in [2.24, 2.45) is 0 Å². The van der Waals surface area contributed by atoms with E-state index < -0.39 is 17.6 Å². The van der Waals surface area contributed by atoms with Crippen LogP contribution in [0.15, 0.2) is 71.6 Å². The van der Waals surface area contributed by atoms with Gasteiger partial charge in [0.15, 0.2) is 11.5 Å². The summed E-state index contributed by atoms with van der Waals surface area (Å²) >= 11 is 1.51. The molecule has 6 nitrogen and oxygen atoms in total. The number of carbonyl (C=O) groups is 2. The Hall–Kier alpha value is -3.66. The van der Waals surface area contributed by atoms with E-state index in [1.54, 1.807) is 32.4 Å². The highest BCUT2D eigenvalue weighted by atomic mass is 32.2. The molecule has 0 saturated carbocycles. The molecule has 3 aromatic rings. The summed E-state index contributed by atoms with van der Waals surface area (Å²) in [5.74, 6) is 0.351. The van der Waals surface area contributed by atoms with Gasteiger partial charge in [-0.15, -0.1) is 11.8 Å². The lowest BCUT2D eigenvalue weighted by Crippen LogP contribution is -2.38. The summed E-state index contributed by atoms with van der Waals surface area (Å²) in [5, 5.41) is 2.34. The van der Waals surface area contributed by atoms with Gasteiger partial charge in [-0.2, -0.15) is 13.2 Å². The Balaban J connectivity index is 1.55. The van der Waals surface area contributed by atoms with Crippen LogP contribution in [0.2, 0.25) is 0 Å². The average Bonchev–Trinajstić information content (AvgIpc) is 2.99. The Labute approximate surface area is 210 Å². The van der Waals surface area contributed by atoms with Gasteiger partial charge < -0.3 is 19.7 Å². The van der Waals surface area contributed by atoms with Crippen molar-refractivity contribution in [2.75, 3.05) is 31.0 Å². The number of para-hydroxylation sites is 1. The molecule has 0 fully saturated rings. The third kappa shape index (κ3) is 5.59. The van der Waals surface area contributed by atoms with E-state index in [-0.39, 0.29) is 29.8 Å². The second-order valence-corrected chi connectivity index (χ2v) is 9.24. The van der Waals surface area contributed by atoms with Crippen molar-refractivity contribution < 1.29 is 32.2 Å². The Kier molecular flexibility index (Phi) is 7.44. The molecule has 36 heavy (non-hydrogen) atoms. The van der Waals surface area contributed by atoms with Gasteiger partial charge in [0.2, 0.25) is 11.8 Å². The number of nitrogens with zero attached hydrogens (tertiary/aromatic N) is 1. The fraction of sp³-hybridized carbons (Fsp3) is 0.231. The maximum absolute atomic E-state index is 13.3. The van der Waals surface area contributed by atoms with E-state index in [0.29, 0.717) is 17.2 Å². The molecule has 0 aliphatic carbocycles. The highest BCUT2D eigenvalue weighted by Gasteiger charge is 2.32. The van der Waals surface area contributed by atoms with Crippen LogP contribution in [0, 0.1) is 0 Å². The van der Waals surface area contributed by atoms with Gasteiger partial charge in [-0.3, -0.25) is 9.59 Å². The number of methoxy groups -OCH3 is 2. The van der Waals surface area contributed by atoms with Crippen LogP contribution in [0.1, 0.15) is 22.8 Å². The molecule has 0 saturated heterocycles. The molecule has 0 bridgehead atoms. The zero-order valence-electron chi connectivity index (χ0n) is 19.5. The number of hydrogen-bond donors (Lipinski definition) is 1. The van der Waals surface area contributed by atoms with Crippen molar-refractivity contribution in [3.8, 4) is 11.5 Å². The van der Waals surface area contributed by atoms with Crippen molar-refractivity contribution in [3.05, 3.63) is 77.9 Å². The molecular weight excluding hydrogens is 493 g/mol. The van der Waals surface area contributed by atoms with E-state index in [1.165, 1.54) is 28.8 Å². The van der Waals surface area contributed by atoms with Gasteiger partial charge in [-0.05, 0) is 54.1 Å². The van der Waals surface area contributed by atoms with E-state index in [4.69, 9.17) is 9.47 Å². The first-order chi connectivity index (χ1) is 17.2. The summed E-state index contributed by atoms with van der Waals surface area (Å²) in [7, 11) is 3.09. The lowest BCUT2D eigenvalue weighted by molar-refractivity contribution is -0.137. The Bertz CT molecular complexity index is 1260. The predicted molar refractivity (Wildman–Crippen MR) is 132 cm³/mol. The van der Waals surface area contributed by atoms with Crippen LogP contribution in [0.4, 0.5) is 24.5 Å². The van der Waals surface area contributed by atoms with Crippen molar-refractivity contribution in [1.82, 2.24) is 0 Å². The molecule has 1 heterocycles. The number of hydrogen-bond acceptors (Lipinski definition) is 5. The van der Waals surface area contributed by atoms with Gasteiger partial charge in [0.1, 0.15) is 6.54 Å². The second-order valence-electron chi connectivity index (χ2n) is 8.00. The van der Waals surface area contributed by atoms with Gasteiger partial charge in [-0.25, -0.2) is 0 Å². The number of benzene rings is 3. The van der Waals surface area contributed by atoms with Crippen LogP contribution in [-0.4, -0.2) is 32.6 Å². The number of halogens is 3. The highest BCUT2D eigenvalue weighted by Crippen LogP contribution is 2.46. The van der Waals surface area contributed by atoms with Crippen LogP contribution >= 0.6 is 11.8 Å². The van der Waals surface area contributed by atoms with Gasteiger partial charge in [0, 0.05) is 22.3 Å². The Morgan fingerprint density at radius 3 is 2.39 bits per heavy atom. The Morgan fingerprint density at radius 2 is 1.72 bits per heavy atom. The number of anilines is 2. The molecule has 0 unspecified atom stereocenters. The number of rotatable bonds is 6. The summed E-state index contributed by atoms with van der Waals surface area (Å²) < 4.78 is 49.1. The highest BCUT2D eigenvalue weighted by molar-refractivity contribution is 7.99. The number of ether oxygens (including phenoxy) is 2. The van der Waals surface area contributed by atoms with Gasteiger partial charge in [-0.1, -0.05) is 18.2 Å². The van der Waals surface area contributed by atoms with E-state index >= 15 is 0 Å². The first kappa shape index (κ1) is 25.4. The standard InChI is InChI=1S/C26H23F3N2O4S/c1-34-20-12-7-16(13-21(20)35-2)23-14-25(33)31(19-5-3-4-6-22(19)36-23)15-24(32)30-18-10-8-17(9-11-18)26(27,28)29/h3-13,23H,14-15H2,1-2H3,(H,30,32)/t23-/m1/s1. The molecule has 10 heteroatoms. The summed E-state index contributed by atoms with van der Waals surface area (Å²) in [6, 6.07) is 16.9. The molecule has 188 valence electrons. The van der Waals surface area contributed by atoms with Crippen molar-refractivity contribution >= 4 is 35.0 Å². The quantitative estimate of drug-likeness (QED) is 0.440. The van der Waals surface area contributed by atoms with E-state index in [1.807, 2.05) is 24.3 Å². The molecule has 2 amide bonds. The molecule has 1 N–H and O–H groups in total. The van der Waals surface area contributed by atoms with Crippen LogP contribution in [0.3, 0.4) is 0 Å². The van der Waals surface area contributed by atoms with Crippen molar-refractivity contribution in [1.29, 1.82) is 0 Å². The molecule has 0 radical (unpaired) electrons. The zero-order valence-corrected chi connectivity index (χ0v) is 20.3. The molecule has 4 rings (SSSR count). The van der Waals surface area contributed by atoms with Gasteiger partial charge in [0.05, 0.1) is 25.5 Å². The minimum atomic E-state index is -4.47. The van der Waals surface area contributed by atoms with Crippen LogP contribution in [0.5, 0.6) is 11.5 Å². The number of amides is 2. The Morgan fingerprint density at radius 1 is 1.03 bits per heavy atom. The lowest BCUT2D eigenvalue weighted by Gasteiger charge is -2.22. The third-order valence-electron chi connectivity index (χ3n) is 5.66. The van der Waals surface area contributed by atoms with Crippen molar-refractivity contribution in [3.63, 3.8) is 0 Å². The van der Waals surface area contributed by atoms with E-state index in [0.717, 1.165) is 22.6 Å². The maximum atomic E-state index is 13.3. The number of alkyl halides is 3. The first-order valence-electron chi connectivity index (χ1n) is 10.9. The molecule has 3 aromatic carbocycles. The van der Waals surface area contributed by atoms with Crippen molar-refractivity contribution in [2.45, 2.75) is 22.7 Å². The largest absolute Gasteiger partial charge is 0.493 e. The first-order valence-corrected chi connectivity index (χ1v) is 11.8. The summed E-state index contributed by atoms with van der Waals surface area (Å²) in [4.78, 5) is 28.3. The fourth-order valence-electron chi connectivity index (χ4n) is 3.88. The van der Waals surface area contributed by atoms with Gasteiger partial charge >= 0.3 is 6.18 Å². The zero-order chi connectivity index (χ0) is 25.9. The normalized spacial score (nSPS) is 15.6. The maximum Gasteiger partial charge on any atom is 0.416 e. The van der Waals surface area contributed by atoms with E-state index in [9.17, 15) is 22.8 Å². The topological polar surface area (TPSA) is 67.9 Å². The lowest BCUT2D eigenvalue weighted by atomic mass is 10.1. The average molecular weight is 517 g/mol. The fourth-order valence-corrected chi connectivity index (χ4v) is 5.15. The van der Waals surface area contributed by atoms with Crippen LogP contribution < -0.4 is 19.7 Å². The number of fused-ring (bicyclic) bond motifs is 1. The molecule has 0 aromatic heterocycles. The van der Waals surface area contributed by atoms with Crippen LogP contribution in [-0.2, 0) is 15.8 Å². The molecule has 1 aliphatic rings. The smallest absolute Gasteiger partial charge is 0.416 e. The minimum Gasteiger partial charge on any atom is -0.493 e. The third-order valence-corrected chi connectivity index (χ3v) is 6.99. The number of carbonyl (C=O) groups excluding carboxylic acids is 2. The predicted octanol–water partition coefficient (Wildman–Crippen LogP) is 5.93. The summed E-state index contributed by atoms with van der Waals surface area (Å²) in [6.07, 6.45) is -4.34. The SMILES string of the molecule is COc1ccc([C@H]2CC(=O)N(CC(=O)Nc3ccc(C(F)(F)F)cc3)c3ccccc3S2)cc1OC. The molecule has 1 aliphatic heterocycles. The summed E-state index contributed by atoms with van der Waals surface area (Å²) in [6.45, 7) is -0.282. The minimum absolute atomic E-state index is 0.127. The number of thioether (sulfide) groups is 1. The molecule has 0 spiro atoms. The second kappa shape index (κ2) is 10.5.